The molecule has 1 aromatic heterocycles. The Bertz CT molecular complexity index is 1220. The Kier molecular flexibility index (Phi) is 8.57. The summed E-state index contributed by atoms with van der Waals surface area (Å²) in [5.74, 6) is -0.0436. The number of aromatic amines is 1. The maximum atomic E-state index is 13.9. The maximum absolute atomic E-state index is 13.9. The van der Waals surface area contributed by atoms with E-state index >= 15 is 0 Å². The van der Waals surface area contributed by atoms with Crippen molar-refractivity contribution in [3.05, 3.63) is 65.4 Å². The van der Waals surface area contributed by atoms with E-state index in [1.807, 2.05) is 0 Å². The molecule has 2 aliphatic heterocycles. The Morgan fingerprint density at radius 2 is 1.69 bits per heavy atom. The number of benzene rings is 2. The molecule has 1 aliphatic carbocycles. The summed E-state index contributed by atoms with van der Waals surface area (Å²) < 4.78 is 45.6. The van der Waals surface area contributed by atoms with Gasteiger partial charge < -0.3 is 9.72 Å². The molecule has 39 heavy (non-hydrogen) atoms. The molecule has 2 fully saturated rings. The standard InChI is InChI=1S/C16H21F2NO.C16H21FN2/c17-13-6-14(18)8-15(7-13)20-16-10-19(11-16)9-12-4-2-1-3-5-12;1-11-8-13-12-6-4-5-7-14(12)18-15(13)9-19(11)10-16(2,3)17/h6-8,12,16H,1-5,9-11H2;4-7,11,18H,8-10H2,1-3H3/t;11-/m.1/s1. The zero-order valence-electron chi connectivity index (χ0n) is 23.5. The molecule has 0 radical (unpaired) electrons. The Balaban J connectivity index is 0.000000158. The lowest BCUT2D eigenvalue weighted by molar-refractivity contribution is 0.00639. The zero-order valence-corrected chi connectivity index (χ0v) is 23.5. The van der Waals surface area contributed by atoms with Crippen molar-refractivity contribution >= 4 is 10.9 Å². The molecule has 0 unspecified atom stereocenters. The van der Waals surface area contributed by atoms with E-state index in [-0.39, 0.29) is 6.10 Å². The second kappa shape index (κ2) is 11.9. The molecule has 0 spiro atoms. The van der Waals surface area contributed by atoms with Crippen LogP contribution in [0.3, 0.4) is 0 Å². The molecule has 4 nitrogen and oxygen atoms in total. The number of hydrogen-bond acceptors (Lipinski definition) is 3. The third-order valence-corrected chi connectivity index (χ3v) is 8.27. The van der Waals surface area contributed by atoms with E-state index in [4.69, 9.17) is 4.74 Å². The van der Waals surface area contributed by atoms with Gasteiger partial charge >= 0.3 is 0 Å². The van der Waals surface area contributed by atoms with Crippen LogP contribution in [0.25, 0.3) is 10.9 Å². The van der Waals surface area contributed by atoms with Gasteiger partial charge in [-0.2, -0.15) is 0 Å². The van der Waals surface area contributed by atoms with Gasteiger partial charge in [-0.1, -0.05) is 37.5 Å². The predicted octanol–water partition coefficient (Wildman–Crippen LogP) is 7.27. The lowest BCUT2D eigenvalue weighted by Crippen LogP contribution is -2.55. The molecule has 0 bridgehead atoms. The van der Waals surface area contributed by atoms with Crippen molar-refractivity contribution in [3.63, 3.8) is 0 Å². The minimum Gasteiger partial charge on any atom is -0.488 e. The van der Waals surface area contributed by atoms with Crippen molar-refractivity contribution in [2.75, 3.05) is 26.2 Å². The number of alkyl halides is 1. The number of halogens is 3. The molecule has 7 heteroatoms. The minimum absolute atomic E-state index is 0.0693. The summed E-state index contributed by atoms with van der Waals surface area (Å²) in [6, 6.07) is 12.2. The lowest BCUT2D eigenvalue weighted by Gasteiger charge is -2.41. The highest BCUT2D eigenvalue weighted by Gasteiger charge is 2.31. The van der Waals surface area contributed by atoms with Crippen LogP contribution in [0.2, 0.25) is 0 Å². The van der Waals surface area contributed by atoms with Crippen LogP contribution < -0.4 is 4.74 Å². The fourth-order valence-corrected chi connectivity index (χ4v) is 6.37. The van der Waals surface area contributed by atoms with Gasteiger partial charge in [0.2, 0.25) is 0 Å². The van der Waals surface area contributed by atoms with Crippen LogP contribution >= 0.6 is 0 Å². The first kappa shape index (κ1) is 28.0. The van der Waals surface area contributed by atoms with E-state index in [0.717, 1.165) is 44.6 Å². The van der Waals surface area contributed by atoms with E-state index in [9.17, 15) is 13.2 Å². The van der Waals surface area contributed by atoms with E-state index < -0.39 is 17.3 Å². The molecule has 1 N–H and O–H groups in total. The first-order valence-corrected chi connectivity index (χ1v) is 14.5. The molecule has 3 aromatic rings. The van der Waals surface area contributed by atoms with Gasteiger partial charge in [-0.25, -0.2) is 13.2 Å². The number of likely N-dealkylation sites (tertiary alicyclic amines) is 1. The normalized spacial score (nSPS) is 21.2. The Labute approximate surface area is 230 Å². The topological polar surface area (TPSA) is 31.5 Å². The van der Waals surface area contributed by atoms with Gasteiger partial charge in [-0.15, -0.1) is 0 Å². The van der Waals surface area contributed by atoms with Gasteiger partial charge in [0.05, 0.1) is 0 Å². The summed E-state index contributed by atoms with van der Waals surface area (Å²) in [4.78, 5) is 8.11. The fraction of sp³-hybridized carbons (Fsp3) is 0.562. The number of fused-ring (bicyclic) bond motifs is 3. The largest absolute Gasteiger partial charge is 0.488 e. The van der Waals surface area contributed by atoms with E-state index in [1.165, 1.54) is 66.4 Å². The molecule has 0 amide bonds. The van der Waals surface area contributed by atoms with Gasteiger partial charge in [0.1, 0.15) is 29.2 Å². The molecule has 6 rings (SSSR count). The predicted molar refractivity (Wildman–Crippen MR) is 151 cm³/mol. The average Bonchev–Trinajstić information content (AvgIpc) is 3.20. The lowest BCUT2D eigenvalue weighted by atomic mass is 9.88. The number of para-hydroxylation sites is 1. The van der Waals surface area contributed by atoms with Crippen LogP contribution in [0.15, 0.2) is 42.5 Å². The minimum atomic E-state index is -1.14. The quantitative estimate of drug-likeness (QED) is 0.356. The number of nitrogens with one attached hydrogen (secondary N) is 1. The monoisotopic (exact) mass is 541 g/mol. The fourth-order valence-electron chi connectivity index (χ4n) is 6.37. The van der Waals surface area contributed by atoms with Crippen LogP contribution in [0.1, 0.15) is 64.1 Å². The van der Waals surface area contributed by atoms with Crippen LogP contribution in [0.5, 0.6) is 5.75 Å². The highest BCUT2D eigenvalue weighted by atomic mass is 19.1. The number of hydrogen-bond donors (Lipinski definition) is 1. The number of rotatable bonds is 6. The first-order valence-electron chi connectivity index (χ1n) is 14.5. The van der Waals surface area contributed by atoms with Gasteiger partial charge in [0, 0.05) is 73.6 Å². The van der Waals surface area contributed by atoms with Crippen LogP contribution in [0.4, 0.5) is 13.2 Å². The molecule has 3 heterocycles. The Morgan fingerprint density at radius 1 is 1.00 bits per heavy atom. The summed E-state index contributed by atoms with van der Waals surface area (Å²) in [5, 5.41) is 1.32. The van der Waals surface area contributed by atoms with Gasteiger partial charge in [0.15, 0.2) is 0 Å². The number of H-pyrrole nitrogens is 1. The first-order chi connectivity index (χ1) is 18.6. The molecule has 3 aliphatic rings. The summed E-state index contributed by atoms with van der Waals surface area (Å²) >= 11 is 0. The molecule has 2 aromatic carbocycles. The number of ether oxygens (including phenoxy) is 1. The molecule has 212 valence electrons. The molecule has 1 saturated heterocycles. The summed E-state index contributed by atoms with van der Waals surface area (Å²) in [7, 11) is 0. The van der Waals surface area contributed by atoms with Crippen molar-refractivity contribution in [1.29, 1.82) is 0 Å². The van der Waals surface area contributed by atoms with Crippen molar-refractivity contribution in [3.8, 4) is 5.75 Å². The summed E-state index contributed by atoms with van der Waals surface area (Å²) in [6.45, 7) is 9.69. The molecular weight excluding hydrogens is 499 g/mol. The van der Waals surface area contributed by atoms with E-state index in [2.05, 4.69) is 46.0 Å². The van der Waals surface area contributed by atoms with Crippen LogP contribution in [0, 0.1) is 17.6 Å². The highest BCUT2D eigenvalue weighted by molar-refractivity contribution is 5.84. The van der Waals surface area contributed by atoms with Crippen LogP contribution in [-0.2, 0) is 13.0 Å². The molecular formula is C32H42F3N3O. The van der Waals surface area contributed by atoms with Crippen molar-refractivity contribution in [1.82, 2.24) is 14.8 Å². The third kappa shape index (κ3) is 7.37. The van der Waals surface area contributed by atoms with Crippen molar-refractivity contribution < 1.29 is 17.9 Å². The van der Waals surface area contributed by atoms with Gasteiger partial charge in [-0.05, 0) is 57.6 Å². The second-order valence-corrected chi connectivity index (χ2v) is 12.4. The molecule has 1 saturated carbocycles. The Morgan fingerprint density at radius 3 is 2.38 bits per heavy atom. The highest BCUT2D eigenvalue weighted by Crippen LogP contribution is 2.31. The summed E-state index contributed by atoms with van der Waals surface area (Å²) in [6.07, 6.45) is 7.86. The summed E-state index contributed by atoms with van der Waals surface area (Å²) in [5.41, 5.74) is 2.72. The van der Waals surface area contributed by atoms with Gasteiger partial charge in [0.25, 0.3) is 0 Å². The van der Waals surface area contributed by atoms with Gasteiger partial charge in [-0.3, -0.25) is 9.80 Å². The number of nitrogens with zero attached hydrogens (tertiary/aromatic N) is 2. The number of aromatic nitrogens is 1. The average molecular weight is 542 g/mol. The SMILES string of the molecule is C[C@@H]1Cc2c([nH]c3ccccc23)CN1CC(C)(C)F.Fc1cc(F)cc(OC2CN(CC3CCCCC3)C2)c1. The van der Waals surface area contributed by atoms with Crippen molar-refractivity contribution in [2.24, 2.45) is 5.92 Å². The maximum Gasteiger partial charge on any atom is 0.129 e. The smallest absolute Gasteiger partial charge is 0.129 e. The van der Waals surface area contributed by atoms with Crippen molar-refractivity contribution in [2.45, 2.75) is 83.7 Å². The second-order valence-electron chi connectivity index (χ2n) is 12.4. The van der Waals surface area contributed by atoms with E-state index in [0.29, 0.717) is 18.3 Å². The molecule has 1 atom stereocenters. The third-order valence-electron chi connectivity index (χ3n) is 8.27. The van der Waals surface area contributed by atoms with Crippen LogP contribution in [-0.4, -0.2) is 58.8 Å². The zero-order chi connectivity index (χ0) is 27.6. The Hall–Kier alpha value is -2.51. The van der Waals surface area contributed by atoms with E-state index in [1.54, 1.807) is 13.8 Å².